The first-order chi connectivity index (χ1) is 7.84. The Bertz CT molecular complexity index is 500. The predicted octanol–water partition coefficient (Wildman–Crippen LogP) is 2.69. The molecule has 1 aliphatic heterocycles. The van der Waals surface area contributed by atoms with Gasteiger partial charge in [0.2, 0.25) is 0 Å². The maximum absolute atomic E-state index is 4.45. The summed E-state index contributed by atoms with van der Waals surface area (Å²) in [6, 6.07) is 4.08. The third-order valence-corrected chi connectivity index (χ3v) is 3.77. The van der Waals surface area contributed by atoms with E-state index in [1.54, 1.807) is 0 Å². The topological polar surface area (TPSA) is 20.5 Å². The summed E-state index contributed by atoms with van der Waals surface area (Å²) in [4.78, 5) is 6.94. The molecule has 1 aliphatic rings. The van der Waals surface area contributed by atoms with E-state index in [2.05, 4.69) is 36.4 Å². The average Bonchev–Trinajstić information content (AvgIpc) is 2.90. The molecular formula is C12H14BrN3. The van der Waals surface area contributed by atoms with Gasteiger partial charge in [-0.15, -0.1) is 0 Å². The maximum Gasteiger partial charge on any atom is 0.151 e. The molecule has 3 rings (SSSR count). The van der Waals surface area contributed by atoms with Crippen LogP contribution in [-0.4, -0.2) is 27.4 Å². The van der Waals surface area contributed by atoms with Crippen molar-refractivity contribution in [2.75, 3.05) is 13.1 Å². The van der Waals surface area contributed by atoms with Crippen LogP contribution in [0.2, 0.25) is 0 Å². The molecule has 0 amide bonds. The molecule has 1 fully saturated rings. The number of nitrogens with zero attached hydrogens (tertiary/aromatic N) is 3. The lowest BCUT2D eigenvalue weighted by Crippen LogP contribution is -2.19. The molecule has 16 heavy (non-hydrogen) atoms. The standard InChI is InChI=1S/C12H14BrN3/c13-11-4-3-7-16-10(8-14-12(11)16)9-15-5-1-2-6-15/h3-4,7-8H,1-2,5-6,9H2. The number of hydrogen-bond acceptors (Lipinski definition) is 2. The van der Waals surface area contributed by atoms with Crippen molar-refractivity contribution in [2.45, 2.75) is 19.4 Å². The van der Waals surface area contributed by atoms with E-state index in [9.17, 15) is 0 Å². The summed E-state index contributed by atoms with van der Waals surface area (Å²) >= 11 is 3.53. The molecule has 84 valence electrons. The second-order valence-corrected chi connectivity index (χ2v) is 5.14. The lowest BCUT2D eigenvalue weighted by molar-refractivity contribution is 0.326. The molecule has 3 heterocycles. The van der Waals surface area contributed by atoms with Gasteiger partial charge in [-0.2, -0.15) is 0 Å². The van der Waals surface area contributed by atoms with Crippen LogP contribution in [0.25, 0.3) is 5.65 Å². The largest absolute Gasteiger partial charge is 0.302 e. The number of fused-ring (bicyclic) bond motifs is 1. The fourth-order valence-corrected chi connectivity index (χ4v) is 2.76. The summed E-state index contributed by atoms with van der Waals surface area (Å²) in [5.41, 5.74) is 2.29. The number of halogens is 1. The Morgan fingerprint density at radius 3 is 2.94 bits per heavy atom. The third-order valence-electron chi connectivity index (χ3n) is 3.15. The van der Waals surface area contributed by atoms with Crippen LogP contribution in [0.1, 0.15) is 18.5 Å². The van der Waals surface area contributed by atoms with E-state index in [0.29, 0.717) is 0 Å². The summed E-state index contributed by atoms with van der Waals surface area (Å²) in [5, 5.41) is 0. The highest BCUT2D eigenvalue weighted by molar-refractivity contribution is 9.10. The average molecular weight is 280 g/mol. The van der Waals surface area contributed by atoms with E-state index in [1.165, 1.54) is 31.6 Å². The SMILES string of the molecule is Brc1cccn2c(CN3CCCC3)cnc12. The molecule has 2 aromatic rings. The summed E-state index contributed by atoms with van der Waals surface area (Å²) in [7, 11) is 0. The van der Waals surface area contributed by atoms with Gasteiger partial charge in [0.1, 0.15) is 0 Å². The number of pyridine rings is 1. The van der Waals surface area contributed by atoms with Crippen molar-refractivity contribution in [3.05, 3.63) is 34.7 Å². The minimum absolute atomic E-state index is 1.01. The quantitative estimate of drug-likeness (QED) is 0.843. The Morgan fingerprint density at radius 1 is 1.31 bits per heavy atom. The minimum atomic E-state index is 1.01. The van der Waals surface area contributed by atoms with Crippen LogP contribution in [0.3, 0.4) is 0 Å². The van der Waals surface area contributed by atoms with Crippen molar-refractivity contribution in [2.24, 2.45) is 0 Å². The van der Waals surface area contributed by atoms with Crippen molar-refractivity contribution in [3.63, 3.8) is 0 Å². The first-order valence-corrected chi connectivity index (χ1v) is 6.47. The lowest BCUT2D eigenvalue weighted by atomic mass is 10.4. The molecule has 0 bridgehead atoms. The molecule has 2 aromatic heterocycles. The van der Waals surface area contributed by atoms with Gasteiger partial charge in [-0.1, -0.05) is 0 Å². The van der Waals surface area contributed by atoms with E-state index in [1.807, 2.05) is 18.3 Å². The fourth-order valence-electron chi connectivity index (χ4n) is 2.31. The number of aromatic nitrogens is 2. The molecule has 0 saturated carbocycles. The van der Waals surface area contributed by atoms with Gasteiger partial charge in [0.05, 0.1) is 16.4 Å². The third kappa shape index (κ3) is 1.76. The van der Waals surface area contributed by atoms with Gasteiger partial charge in [-0.3, -0.25) is 4.90 Å². The summed E-state index contributed by atoms with van der Waals surface area (Å²) in [6.45, 7) is 3.46. The molecule has 4 heteroatoms. The van der Waals surface area contributed by atoms with Gasteiger partial charge in [-0.25, -0.2) is 4.98 Å². The van der Waals surface area contributed by atoms with Crippen molar-refractivity contribution < 1.29 is 0 Å². The Morgan fingerprint density at radius 2 is 2.12 bits per heavy atom. The number of rotatable bonds is 2. The Balaban J connectivity index is 1.94. The van der Waals surface area contributed by atoms with Crippen molar-refractivity contribution in [1.29, 1.82) is 0 Å². The van der Waals surface area contributed by atoms with Gasteiger partial charge in [0.15, 0.2) is 5.65 Å². The zero-order valence-corrected chi connectivity index (χ0v) is 10.7. The van der Waals surface area contributed by atoms with Crippen molar-refractivity contribution in [1.82, 2.24) is 14.3 Å². The normalized spacial score (nSPS) is 17.3. The Hall–Kier alpha value is -0.870. The van der Waals surface area contributed by atoms with Crippen LogP contribution in [0.4, 0.5) is 0 Å². The molecule has 0 N–H and O–H groups in total. The molecule has 0 radical (unpaired) electrons. The van der Waals surface area contributed by atoms with Gasteiger partial charge in [-0.05, 0) is 54.0 Å². The smallest absolute Gasteiger partial charge is 0.151 e. The van der Waals surface area contributed by atoms with Gasteiger partial charge < -0.3 is 4.40 Å². The van der Waals surface area contributed by atoms with Crippen LogP contribution in [0.5, 0.6) is 0 Å². The zero-order chi connectivity index (χ0) is 11.0. The fraction of sp³-hybridized carbons (Fsp3) is 0.417. The monoisotopic (exact) mass is 279 g/mol. The van der Waals surface area contributed by atoms with Gasteiger partial charge >= 0.3 is 0 Å². The summed E-state index contributed by atoms with van der Waals surface area (Å²) in [6.07, 6.45) is 6.73. The molecule has 3 nitrogen and oxygen atoms in total. The van der Waals surface area contributed by atoms with Crippen LogP contribution in [0.15, 0.2) is 29.0 Å². The van der Waals surface area contributed by atoms with Gasteiger partial charge in [0, 0.05) is 12.7 Å². The highest BCUT2D eigenvalue weighted by Gasteiger charge is 2.14. The minimum Gasteiger partial charge on any atom is -0.302 e. The Kier molecular flexibility index (Phi) is 2.69. The highest BCUT2D eigenvalue weighted by atomic mass is 79.9. The van der Waals surface area contributed by atoms with Crippen LogP contribution in [-0.2, 0) is 6.54 Å². The molecule has 0 unspecified atom stereocenters. The molecular weight excluding hydrogens is 266 g/mol. The van der Waals surface area contributed by atoms with E-state index >= 15 is 0 Å². The highest BCUT2D eigenvalue weighted by Crippen LogP contribution is 2.19. The lowest BCUT2D eigenvalue weighted by Gasteiger charge is -2.13. The summed E-state index contributed by atoms with van der Waals surface area (Å²) in [5.74, 6) is 0. The number of likely N-dealkylation sites (tertiary alicyclic amines) is 1. The van der Waals surface area contributed by atoms with E-state index in [4.69, 9.17) is 0 Å². The Labute approximate surface area is 103 Å². The van der Waals surface area contributed by atoms with Crippen LogP contribution in [0, 0.1) is 0 Å². The van der Waals surface area contributed by atoms with E-state index in [-0.39, 0.29) is 0 Å². The molecule has 0 aromatic carbocycles. The molecule has 0 spiro atoms. The molecule has 1 saturated heterocycles. The molecule has 0 atom stereocenters. The summed E-state index contributed by atoms with van der Waals surface area (Å²) < 4.78 is 3.23. The number of imidazole rings is 1. The molecule has 0 aliphatic carbocycles. The van der Waals surface area contributed by atoms with E-state index in [0.717, 1.165) is 16.7 Å². The maximum atomic E-state index is 4.45. The van der Waals surface area contributed by atoms with Crippen molar-refractivity contribution >= 4 is 21.6 Å². The second-order valence-electron chi connectivity index (χ2n) is 4.28. The predicted molar refractivity (Wildman–Crippen MR) is 67.4 cm³/mol. The van der Waals surface area contributed by atoms with Crippen molar-refractivity contribution in [3.8, 4) is 0 Å². The van der Waals surface area contributed by atoms with Crippen LogP contribution < -0.4 is 0 Å². The van der Waals surface area contributed by atoms with E-state index < -0.39 is 0 Å². The first-order valence-electron chi connectivity index (χ1n) is 5.67. The second kappa shape index (κ2) is 4.18. The first kappa shape index (κ1) is 10.3. The number of hydrogen-bond donors (Lipinski definition) is 0. The zero-order valence-electron chi connectivity index (χ0n) is 9.06. The van der Waals surface area contributed by atoms with Gasteiger partial charge in [0.25, 0.3) is 0 Å². The van der Waals surface area contributed by atoms with Crippen LogP contribution >= 0.6 is 15.9 Å².